The van der Waals surface area contributed by atoms with Crippen molar-refractivity contribution in [1.29, 1.82) is 0 Å². The van der Waals surface area contributed by atoms with Gasteiger partial charge in [-0.25, -0.2) is 12.8 Å². The summed E-state index contributed by atoms with van der Waals surface area (Å²) in [6.07, 6.45) is 0.0327. The Labute approximate surface area is 203 Å². The van der Waals surface area contributed by atoms with Crippen LogP contribution in [0.25, 0.3) is 0 Å². The van der Waals surface area contributed by atoms with Crippen molar-refractivity contribution in [3.05, 3.63) is 89.7 Å². The summed E-state index contributed by atoms with van der Waals surface area (Å²) in [6, 6.07) is 18.1. The maximum Gasteiger partial charge on any atom is 0.264 e. The van der Waals surface area contributed by atoms with Crippen LogP contribution in [0.15, 0.2) is 77.7 Å². The molecule has 0 aliphatic carbocycles. The highest BCUT2D eigenvalue weighted by molar-refractivity contribution is 7.92. The topological polar surface area (TPSA) is 105 Å². The lowest BCUT2D eigenvalue weighted by Crippen LogP contribution is -2.35. The Hall–Kier alpha value is -3.92. The molecule has 35 heavy (non-hydrogen) atoms. The molecule has 0 aliphatic heterocycles. The van der Waals surface area contributed by atoms with Gasteiger partial charge in [-0.15, -0.1) is 0 Å². The van der Waals surface area contributed by atoms with Gasteiger partial charge in [0.1, 0.15) is 11.6 Å². The van der Waals surface area contributed by atoms with Crippen LogP contribution < -0.4 is 19.7 Å². The standard InChI is InChI=1S/C25H26FN3O5S/c1-29(22-8-3-4-9-23(22)34-2)35(32,33)21-12-10-19(11-13-21)25(31)28-15-14-27-24(30)17-18-6-5-7-20(26)16-18/h3-13,16H,14-15,17H2,1-2H3,(H,27,30)(H,28,31). The van der Waals surface area contributed by atoms with Crippen molar-refractivity contribution in [3.63, 3.8) is 0 Å². The van der Waals surface area contributed by atoms with Crippen LogP contribution in [-0.4, -0.2) is 47.5 Å². The summed E-state index contributed by atoms with van der Waals surface area (Å²) in [6.45, 7) is 0.361. The molecule has 8 nitrogen and oxygen atoms in total. The first-order valence-corrected chi connectivity index (χ1v) is 12.2. The maximum atomic E-state index is 13.2. The van der Waals surface area contributed by atoms with Crippen LogP contribution in [0.1, 0.15) is 15.9 Å². The Kier molecular flexibility index (Phi) is 8.43. The molecule has 3 aromatic rings. The van der Waals surface area contributed by atoms with Gasteiger partial charge in [0.2, 0.25) is 5.91 Å². The van der Waals surface area contributed by atoms with E-state index >= 15 is 0 Å². The molecule has 0 unspecified atom stereocenters. The highest BCUT2D eigenvalue weighted by atomic mass is 32.2. The lowest BCUT2D eigenvalue weighted by atomic mass is 10.1. The zero-order valence-corrected chi connectivity index (χ0v) is 20.1. The van der Waals surface area contributed by atoms with Crippen LogP contribution in [0, 0.1) is 5.82 Å². The molecule has 0 saturated carbocycles. The van der Waals surface area contributed by atoms with Crippen molar-refractivity contribution in [2.75, 3.05) is 31.6 Å². The Morgan fingerprint density at radius 3 is 2.31 bits per heavy atom. The van der Waals surface area contributed by atoms with Crippen LogP contribution in [0.5, 0.6) is 5.75 Å². The SMILES string of the molecule is COc1ccccc1N(C)S(=O)(=O)c1ccc(C(=O)NCCNC(=O)Cc2cccc(F)c2)cc1. The molecule has 0 radical (unpaired) electrons. The minimum Gasteiger partial charge on any atom is -0.495 e. The second kappa shape index (κ2) is 11.5. The van der Waals surface area contributed by atoms with Gasteiger partial charge in [0.15, 0.2) is 0 Å². The summed E-state index contributed by atoms with van der Waals surface area (Å²) in [5.74, 6) is -0.699. The summed E-state index contributed by atoms with van der Waals surface area (Å²) >= 11 is 0. The van der Waals surface area contributed by atoms with E-state index in [0.717, 1.165) is 4.31 Å². The number of nitrogens with zero attached hydrogens (tertiary/aromatic N) is 1. The normalized spacial score (nSPS) is 10.9. The average Bonchev–Trinajstić information content (AvgIpc) is 2.86. The van der Waals surface area contributed by atoms with E-state index < -0.39 is 21.7 Å². The molecule has 0 aromatic heterocycles. The first kappa shape index (κ1) is 25.7. The van der Waals surface area contributed by atoms with E-state index in [1.54, 1.807) is 30.3 Å². The van der Waals surface area contributed by atoms with E-state index in [4.69, 9.17) is 4.74 Å². The number of amides is 2. The van der Waals surface area contributed by atoms with Crippen LogP contribution >= 0.6 is 0 Å². The minimum atomic E-state index is -3.88. The van der Waals surface area contributed by atoms with Crippen molar-refractivity contribution in [2.24, 2.45) is 0 Å². The number of sulfonamides is 1. The molecule has 2 N–H and O–H groups in total. The molecule has 0 spiro atoms. The first-order chi connectivity index (χ1) is 16.7. The number of rotatable bonds is 10. The van der Waals surface area contributed by atoms with Gasteiger partial charge in [-0.05, 0) is 54.1 Å². The monoisotopic (exact) mass is 499 g/mol. The lowest BCUT2D eigenvalue weighted by Gasteiger charge is -2.21. The second-order valence-corrected chi connectivity index (χ2v) is 9.55. The van der Waals surface area contributed by atoms with E-state index in [1.165, 1.54) is 56.6 Å². The van der Waals surface area contributed by atoms with Gasteiger partial charge in [-0.2, -0.15) is 0 Å². The van der Waals surface area contributed by atoms with Crippen LogP contribution in [0.4, 0.5) is 10.1 Å². The Bertz CT molecular complexity index is 1300. The number of methoxy groups -OCH3 is 1. The smallest absolute Gasteiger partial charge is 0.264 e. The molecule has 0 saturated heterocycles. The van der Waals surface area contributed by atoms with Crippen LogP contribution in [0.2, 0.25) is 0 Å². The minimum absolute atomic E-state index is 0.0204. The van der Waals surface area contributed by atoms with E-state index in [9.17, 15) is 22.4 Å². The molecule has 3 aromatic carbocycles. The number of carbonyl (C=O) groups is 2. The summed E-state index contributed by atoms with van der Waals surface area (Å²) in [5, 5.41) is 5.31. The predicted molar refractivity (Wildman–Crippen MR) is 130 cm³/mol. The molecule has 184 valence electrons. The average molecular weight is 500 g/mol. The number of benzene rings is 3. The third-order valence-corrected chi connectivity index (χ3v) is 6.97. The van der Waals surface area contributed by atoms with E-state index in [1.807, 2.05) is 0 Å². The van der Waals surface area contributed by atoms with Crippen molar-refractivity contribution in [1.82, 2.24) is 10.6 Å². The molecule has 3 rings (SSSR count). The molecule has 10 heteroatoms. The molecular formula is C25H26FN3O5S. The number of hydrogen-bond acceptors (Lipinski definition) is 5. The number of hydrogen-bond donors (Lipinski definition) is 2. The molecule has 0 aliphatic rings. The van der Waals surface area contributed by atoms with Crippen LogP contribution in [-0.2, 0) is 21.2 Å². The number of para-hydroxylation sites is 2. The molecule has 0 heterocycles. The lowest BCUT2D eigenvalue weighted by molar-refractivity contribution is -0.120. The summed E-state index contributed by atoms with van der Waals surface area (Å²) in [7, 11) is -0.988. The van der Waals surface area contributed by atoms with Gasteiger partial charge in [-0.1, -0.05) is 24.3 Å². The fourth-order valence-electron chi connectivity index (χ4n) is 3.33. The van der Waals surface area contributed by atoms with Crippen molar-refractivity contribution >= 4 is 27.5 Å². The highest BCUT2D eigenvalue weighted by Crippen LogP contribution is 2.30. The predicted octanol–water partition coefficient (Wildman–Crippen LogP) is 2.75. The third-order valence-electron chi connectivity index (χ3n) is 5.19. The van der Waals surface area contributed by atoms with Crippen LogP contribution in [0.3, 0.4) is 0 Å². The number of anilines is 1. The number of ether oxygens (including phenoxy) is 1. The Balaban J connectivity index is 1.53. The molecule has 2 amide bonds. The Morgan fingerprint density at radius 1 is 0.943 bits per heavy atom. The molecule has 0 atom stereocenters. The summed E-state index contributed by atoms with van der Waals surface area (Å²) in [5.41, 5.74) is 1.21. The van der Waals surface area contributed by atoms with E-state index in [-0.39, 0.29) is 35.9 Å². The fraction of sp³-hybridized carbons (Fsp3) is 0.200. The maximum absolute atomic E-state index is 13.2. The van der Waals surface area contributed by atoms with E-state index in [0.29, 0.717) is 17.0 Å². The van der Waals surface area contributed by atoms with Gasteiger partial charge in [0, 0.05) is 25.7 Å². The summed E-state index contributed by atoms with van der Waals surface area (Å²) in [4.78, 5) is 24.3. The van der Waals surface area contributed by atoms with Gasteiger partial charge in [0.25, 0.3) is 15.9 Å². The van der Waals surface area contributed by atoms with Crippen molar-refractivity contribution in [2.45, 2.75) is 11.3 Å². The number of nitrogens with one attached hydrogen (secondary N) is 2. The number of carbonyl (C=O) groups excluding carboxylic acids is 2. The van der Waals surface area contributed by atoms with Crippen molar-refractivity contribution < 1.29 is 27.1 Å². The largest absolute Gasteiger partial charge is 0.495 e. The highest BCUT2D eigenvalue weighted by Gasteiger charge is 2.24. The Morgan fingerprint density at radius 2 is 1.63 bits per heavy atom. The fourth-order valence-corrected chi connectivity index (χ4v) is 4.54. The zero-order chi connectivity index (χ0) is 25.4. The molecule has 0 fully saturated rings. The van der Waals surface area contributed by atoms with Gasteiger partial charge < -0.3 is 15.4 Å². The van der Waals surface area contributed by atoms with Gasteiger partial charge >= 0.3 is 0 Å². The van der Waals surface area contributed by atoms with E-state index in [2.05, 4.69) is 10.6 Å². The quantitative estimate of drug-likeness (QED) is 0.418. The number of halogens is 1. The van der Waals surface area contributed by atoms with Gasteiger partial charge in [-0.3, -0.25) is 13.9 Å². The molecular weight excluding hydrogens is 473 g/mol. The third kappa shape index (κ3) is 6.57. The second-order valence-electron chi connectivity index (χ2n) is 7.58. The first-order valence-electron chi connectivity index (χ1n) is 10.7. The summed E-state index contributed by atoms with van der Waals surface area (Å²) < 4.78 is 45.6. The molecule has 0 bridgehead atoms. The zero-order valence-electron chi connectivity index (χ0n) is 19.3. The van der Waals surface area contributed by atoms with Gasteiger partial charge in [0.05, 0.1) is 24.1 Å². The van der Waals surface area contributed by atoms with Crippen molar-refractivity contribution in [3.8, 4) is 5.75 Å².